The second-order valence-electron chi connectivity index (χ2n) is 5.38. The molecule has 124 valence electrons. The maximum Gasteiger partial charge on any atom is 0.257 e. The largest absolute Gasteiger partial charge is 0.347 e. The number of hydrogen-bond acceptors (Lipinski definition) is 4. The molecule has 0 spiro atoms. The van der Waals surface area contributed by atoms with E-state index in [4.69, 9.17) is 0 Å². The molecule has 2 heterocycles. The predicted molar refractivity (Wildman–Crippen MR) is 101 cm³/mol. The van der Waals surface area contributed by atoms with Crippen LogP contribution in [-0.2, 0) is 6.54 Å². The van der Waals surface area contributed by atoms with E-state index in [1.807, 2.05) is 43.7 Å². The molecule has 0 saturated carbocycles. The van der Waals surface area contributed by atoms with Gasteiger partial charge in [0.1, 0.15) is 5.56 Å². The molecule has 2 rings (SSSR count). The van der Waals surface area contributed by atoms with Crippen LogP contribution in [-0.4, -0.2) is 16.7 Å². The van der Waals surface area contributed by atoms with Gasteiger partial charge in [0.15, 0.2) is 0 Å². The first-order valence-electron chi connectivity index (χ1n) is 7.17. The standard InChI is InChI=1S/C16H19BrN2O2S2/c1-9(2)19-8-12(15(20)14(17)10(19)3)16(21)18-7-11-5-6-13(22-4)23-11/h5-6,8-9H,7H2,1-4H3,(H,18,21). The van der Waals surface area contributed by atoms with Gasteiger partial charge >= 0.3 is 0 Å². The number of carbonyl (C=O) groups excluding carboxylic acids is 1. The summed E-state index contributed by atoms with van der Waals surface area (Å²) in [6.07, 6.45) is 3.66. The Kier molecular flexibility index (Phi) is 6.11. The average Bonchev–Trinajstić information content (AvgIpc) is 2.98. The lowest BCUT2D eigenvalue weighted by atomic mass is 10.2. The van der Waals surface area contributed by atoms with Crippen LogP contribution in [0.2, 0.25) is 0 Å². The van der Waals surface area contributed by atoms with Crippen molar-refractivity contribution in [2.75, 3.05) is 6.26 Å². The molecule has 0 bridgehead atoms. The van der Waals surface area contributed by atoms with E-state index in [0.29, 0.717) is 11.0 Å². The molecule has 2 aromatic rings. The van der Waals surface area contributed by atoms with Crippen LogP contribution in [0, 0.1) is 6.92 Å². The van der Waals surface area contributed by atoms with Gasteiger partial charge in [-0.2, -0.15) is 0 Å². The monoisotopic (exact) mass is 414 g/mol. The molecule has 0 saturated heterocycles. The molecule has 7 heteroatoms. The number of nitrogens with zero attached hydrogens (tertiary/aromatic N) is 1. The lowest BCUT2D eigenvalue weighted by molar-refractivity contribution is 0.0949. The van der Waals surface area contributed by atoms with Crippen molar-refractivity contribution in [3.63, 3.8) is 0 Å². The molecule has 0 aliphatic heterocycles. The minimum Gasteiger partial charge on any atom is -0.347 e. The topological polar surface area (TPSA) is 51.1 Å². The van der Waals surface area contributed by atoms with E-state index in [1.54, 1.807) is 29.3 Å². The van der Waals surface area contributed by atoms with Gasteiger partial charge in [0.2, 0.25) is 5.43 Å². The van der Waals surface area contributed by atoms with Crippen LogP contribution >= 0.6 is 39.0 Å². The van der Waals surface area contributed by atoms with E-state index in [9.17, 15) is 9.59 Å². The van der Waals surface area contributed by atoms with E-state index in [1.165, 1.54) is 4.21 Å². The third-order valence-corrected chi connectivity index (χ3v) is 6.58. The number of hydrogen-bond donors (Lipinski definition) is 1. The number of aromatic nitrogens is 1. The summed E-state index contributed by atoms with van der Waals surface area (Å²) in [5, 5.41) is 2.83. The van der Waals surface area contributed by atoms with Gasteiger partial charge in [-0.25, -0.2) is 0 Å². The van der Waals surface area contributed by atoms with Gasteiger partial charge in [-0.15, -0.1) is 23.1 Å². The van der Waals surface area contributed by atoms with Crippen molar-refractivity contribution >= 4 is 44.9 Å². The van der Waals surface area contributed by atoms with E-state index < -0.39 is 0 Å². The van der Waals surface area contributed by atoms with Gasteiger partial charge in [-0.1, -0.05) is 0 Å². The van der Waals surface area contributed by atoms with Gasteiger partial charge in [-0.3, -0.25) is 9.59 Å². The highest BCUT2D eigenvalue weighted by atomic mass is 79.9. The zero-order valence-electron chi connectivity index (χ0n) is 13.5. The second-order valence-corrected chi connectivity index (χ2v) is 8.45. The first kappa shape index (κ1) is 18.3. The maximum atomic E-state index is 12.4. The minimum absolute atomic E-state index is 0.165. The maximum absolute atomic E-state index is 12.4. The second kappa shape index (κ2) is 7.68. The third-order valence-electron chi connectivity index (χ3n) is 3.48. The summed E-state index contributed by atoms with van der Waals surface area (Å²) in [5.74, 6) is -0.343. The fourth-order valence-corrected chi connectivity index (χ4v) is 4.17. The summed E-state index contributed by atoms with van der Waals surface area (Å²) in [6, 6.07) is 4.19. The number of nitrogens with one attached hydrogen (secondary N) is 1. The highest BCUT2D eigenvalue weighted by Crippen LogP contribution is 2.25. The average molecular weight is 415 g/mol. The summed E-state index contributed by atoms with van der Waals surface area (Å²) in [4.78, 5) is 25.8. The molecule has 0 radical (unpaired) electrons. The predicted octanol–water partition coefficient (Wildman–Crippen LogP) is 4.21. The van der Waals surface area contributed by atoms with Crippen molar-refractivity contribution in [1.29, 1.82) is 0 Å². The number of thiophene rings is 1. The molecule has 0 aliphatic rings. The molecule has 1 amide bonds. The van der Waals surface area contributed by atoms with Crippen LogP contribution in [0.25, 0.3) is 0 Å². The molecule has 0 fully saturated rings. The van der Waals surface area contributed by atoms with Crippen LogP contribution in [0.5, 0.6) is 0 Å². The fraction of sp³-hybridized carbons (Fsp3) is 0.375. The van der Waals surface area contributed by atoms with Crippen LogP contribution in [0.3, 0.4) is 0 Å². The van der Waals surface area contributed by atoms with Crippen molar-refractivity contribution in [3.8, 4) is 0 Å². The van der Waals surface area contributed by atoms with E-state index >= 15 is 0 Å². The van der Waals surface area contributed by atoms with Gasteiger partial charge in [0, 0.05) is 22.8 Å². The number of pyridine rings is 1. The molecule has 0 aromatic carbocycles. The van der Waals surface area contributed by atoms with Gasteiger partial charge in [-0.05, 0) is 55.1 Å². The quantitative estimate of drug-likeness (QED) is 0.745. The Morgan fingerprint density at radius 1 is 1.43 bits per heavy atom. The molecule has 0 aliphatic carbocycles. The Hall–Kier alpha value is -1.05. The van der Waals surface area contributed by atoms with Crippen molar-refractivity contribution in [3.05, 3.63) is 49.2 Å². The number of carbonyl (C=O) groups is 1. The van der Waals surface area contributed by atoms with Crippen LogP contribution in [0.1, 0.15) is 40.8 Å². The van der Waals surface area contributed by atoms with Crippen LogP contribution in [0.4, 0.5) is 0 Å². The Morgan fingerprint density at radius 3 is 2.70 bits per heavy atom. The lowest BCUT2D eigenvalue weighted by Gasteiger charge is -2.17. The van der Waals surface area contributed by atoms with Crippen molar-refractivity contribution in [1.82, 2.24) is 9.88 Å². The highest BCUT2D eigenvalue weighted by molar-refractivity contribution is 9.10. The smallest absolute Gasteiger partial charge is 0.257 e. The van der Waals surface area contributed by atoms with Crippen LogP contribution < -0.4 is 10.7 Å². The number of amides is 1. The Balaban J connectivity index is 2.23. The van der Waals surface area contributed by atoms with E-state index in [2.05, 4.69) is 21.2 Å². The molecule has 4 nitrogen and oxygen atoms in total. The fourth-order valence-electron chi connectivity index (χ4n) is 2.21. The summed E-state index contributed by atoms with van der Waals surface area (Å²) in [6.45, 7) is 6.32. The summed E-state index contributed by atoms with van der Waals surface area (Å²) < 4.78 is 3.58. The molecule has 23 heavy (non-hydrogen) atoms. The molecule has 1 N–H and O–H groups in total. The van der Waals surface area contributed by atoms with Gasteiger partial charge in [0.05, 0.1) is 15.2 Å². The van der Waals surface area contributed by atoms with E-state index in [-0.39, 0.29) is 22.9 Å². The van der Waals surface area contributed by atoms with Crippen molar-refractivity contribution < 1.29 is 4.79 Å². The summed E-state index contributed by atoms with van der Waals surface area (Å²) in [7, 11) is 0. The normalized spacial score (nSPS) is 11.0. The van der Waals surface area contributed by atoms with Crippen molar-refractivity contribution in [2.24, 2.45) is 0 Å². The minimum atomic E-state index is -0.343. The zero-order chi connectivity index (χ0) is 17.1. The third kappa shape index (κ3) is 4.08. The Morgan fingerprint density at radius 2 is 2.13 bits per heavy atom. The summed E-state index contributed by atoms with van der Waals surface area (Å²) >= 11 is 6.63. The summed E-state index contributed by atoms with van der Waals surface area (Å²) in [5.41, 5.74) is 0.718. The molecule has 2 aromatic heterocycles. The number of rotatable bonds is 5. The molecule has 0 unspecified atom stereocenters. The highest BCUT2D eigenvalue weighted by Gasteiger charge is 2.17. The zero-order valence-corrected chi connectivity index (χ0v) is 16.7. The van der Waals surface area contributed by atoms with Crippen LogP contribution in [0.15, 0.2) is 31.8 Å². The first-order chi connectivity index (χ1) is 10.8. The van der Waals surface area contributed by atoms with Crippen molar-refractivity contribution in [2.45, 2.75) is 37.6 Å². The Bertz CT molecular complexity index is 781. The molecule has 0 atom stereocenters. The van der Waals surface area contributed by atoms with E-state index in [0.717, 1.165) is 10.6 Å². The lowest BCUT2D eigenvalue weighted by Crippen LogP contribution is -2.30. The molecular formula is C16H19BrN2O2S2. The first-order valence-corrected chi connectivity index (χ1v) is 10.0. The number of thioether (sulfide) groups is 1. The van der Waals surface area contributed by atoms with Gasteiger partial charge < -0.3 is 9.88 Å². The SMILES string of the molecule is CSc1ccc(CNC(=O)c2cn(C(C)C)c(C)c(Br)c2=O)s1. The van der Waals surface area contributed by atoms with Gasteiger partial charge in [0.25, 0.3) is 5.91 Å². The number of halogens is 1. The molecular weight excluding hydrogens is 396 g/mol. The Labute approximate surface area is 152 Å².